The molecule has 3 rings (SSSR count). The maximum atomic E-state index is 12.3. The van der Waals surface area contributed by atoms with Gasteiger partial charge in [0.25, 0.3) is 0 Å². The highest BCUT2D eigenvalue weighted by molar-refractivity contribution is 5.97. The summed E-state index contributed by atoms with van der Waals surface area (Å²) in [7, 11) is 3.18. The minimum absolute atomic E-state index is 0.332. The Morgan fingerprint density at radius 3 is 2.46 bits per heavy atom. The van der Waals surface area contributed by atoms with Crippen LogP contribution < -0.4 is 21.1 Å². The van der Waals surface area contributed by atoms with Crippen LogP contribution in [0.25, 0.3) is 16.9 Å². The summed E-state index contributed by atoms with van der Waals surface area (Å²) < 4.78 is 11.8. The molecular weight excluding hydrogens is 358 g/mol. The molecule has 146 valence electrons. The number of carbonyl (C=O) groups is 1. The largest absolute Gasteiger partial charge is 0.497 e. The number of urea groups is 1. The fourth-order valence-electron chi connectivity index (χ4n) is 2.70. The zero-order valence-electron chi connectivity index (χ0n) is 15.8. The summed E-state index contributed by atoms with van der Waals surface area (Å²) in [5, 5.41) is 10.2. The molecule has 0 saturated heterocycles. The SMILES string of the molecule is COCCNC(=O)Nc1c(-c2ccc(OC)cc2)nn(-c2ccccc2)c1N. The van der Waals surface area contributed by atoms with Crippen molar-refractivity contribution < 1.29 is 14.3 Å². The zero-order chi connectivity index (χ0) is 19.9. The highest BCUT2D eigenvalue weighted by Crippen LogP contribution is 2.34. The minimum Gasteiger partial charge on any atom is -0.497 e. The Hall–Kier alpha value is -3.52. The quantitative estimate of drug-likeness (QED) is 0.546. The third kappa shape index (κ3) is 4.24. The number of hydrogen-bond donors (Lipinski definition) is 3. The summed E-state index contributed by atoms with van der Waals surface area (Å²) in [6, 6.07) is 16.5. The molecule has 2 amide bonds. The van der Waals surface area contributed by atoms with Gasteiger partial charge in [0.2, 0.25) is 0 Å². The van der Waals surface area contributed by atoms with Crippen LogP contribution in [0, 0.1) is 0 Å². The van der Waals surface area contributed by atoms with Crippen LogP contribution in [0.4, 0.5) is 16.3 Å². The van der Waals surface area contributed by atoms with Crippen LogP contribution in [0.15, 0.2) is 54.6 Å². The maximum absolute atomic E-state index is 12.3. The van der Waals surface area contributed by atoms with E-state index in [1.807, 2.05) is 54.6 Å². The molecule has 0 radical (unpaired) electrons. The average Bonchev–Trinajstić information content (AvgIpc) is 3.05. The van der Waals surface area contributed by atoms with Crippen LogP contribution in [0.1, 0.15) is 0 Å². The van der Waals surface area contributed by atoms with Crippen molar-refractivity contribution >= 4 is 17.5 Å². The van der Waals surface area contributed by atoms with E-state index in [0.29, 0.717) is 30.4 Å². The molecule has 0 spiro atoms. The van der Waals surface area contributed by atoms with Crippen LogP contribution in [0.5, 0.6) is 5.75 Å². The molecule has 0 bridgehead atoms. The highest BCUT2D eigenvalue weighted by Gasteiger charge is 2.20. The van der Waals surface area contributed by atoms with Crippen LogP contribution in [0.2, 0.25) is 0 Å². The predicted molar refractivity (Wildman–Crippen MR) is 109 cm³/mol. The van der Waals surface area contributed by atoms with Gasteiger partial charge < -0.3 is 25.8 Å². The number of ether oxygens (including phenoxy) is 2. The van der Waals surface area contributed by atoms with E-state index >= 15 is 0 Å². The number of carbonyl (C=O) groups excluding carboxylic acids is 1. The number of hydrogen-bond acceptors (Lipinski definition) is 5. The van der Waals surface area contributed by atoms with Gasteiger partial charge in [0.1, 0.15) is 17.1 Å². The Bertz CT molecular complexity index is 923. The van der Waals surface area contributed by atoms with Gasteiger partial charge in [-0.1, -0.05) is 18.2 Å². The summed E-state index contributed by atoms with van der Waals surface area (Å²) in [5.74, 6) is 1.06. The summed E-state index contributed by atoms with van der Waals surface area (Å²) in [4.78, 5) is 12.3. The molecule has 0 aliphatic carbocycles. The second kappa shape index (κ2) is 8.92. The van der Waals surface area contributed by atoms with Crippen molar-refractivity contribution in [1.82, 2.24) is 15.1 Å². The van der Waals surface area contributed by atoms with Gasteiger partial charge in [-0.25, -0.2) is 9.48 Å². The van der Waals surface area contributed by atoms with E-state index in [1.165, 1.54) is 0 Å². The lowest BCUT2D eigenvalue weighted by Crippen LogP contribution is -2.31. The second-order valence-electron chi connectivity index (χ2n) is 5.96. The van der Waals surface area contributed by atoms with Gasteiger partial charge in [-0.3, -0.25) is 0 Å². The van der Waals surface area contributed by atoms with Gasteiger partial charge in [-0.2, -0.15) is 5.10 Å². The van der Waals surface area contributed by atoms with Crippen molar-refractivity contribution in [3.05, 3.63) is 54.6 Å². The second-order valence-corrected chi connectivity index (χ2v) is 5.96. The van der Waals surface area contributed by atoms with Gasteiger partial charge in [0.15, 0.2) is 5.82 Å². The standard InChI is InChI=1S/C20H23N5O3/c1-27-13-12-22-20(26)23-18-17(14-8-10-16(28-2)11-9-14)24-25(19(18)21)15-6-4-3-5-7-15/h3-11H,12-13,21H2,1-2H3,(H2,22,23,26). The smallest absolute Gasteiger partial charge is 0.319 e. The van der Waals surface area contributed by atoms with E-state index in [-0.39, 0.29) is 6.03 Å². The van der Waals surface area contributed by atoms with Gasteiger partial charge in [-0.05, 0) is 36.4 Å². The molecular formula is C20H23N5O3. The van der Waals surface area contributed by atoms with Crippen molar-refractivity contribution in [1.29, 1.82) is 0 Å². The third-order valence-corrected chi connectivity index (χ3v) is 4.12. The Morgan fingerprint density at radius 2 is 1.82 bits per heavy atom. The summed E-state index contributed by atoms with van der Waals surface area (Å²) in [5.41, 5.74) is 8.93. The van der Waals surface area contributed by atoms with E-state index in [1.54, 1.807) is 18.9 Å². The molecule has 0 saturated carbocycles. The monoisotopic (exact) mass is 381 g/mol. The molecule has 0 aliphatic heterocycles. The molecule has 2 aromatic carbocycles. The molecule has 8 heteroatoms. The number of nitrogen functional groups attached to an aromatic ring is 1. The summed E-state index contributed by atoms with van der Waals surface area (Å²) in [6.07, 6.45) is 0. The molecule has 3 aromatic rings. The van der Waals surface area contributed by atoms with Crippen molar-refractivity contribution in [2.45, 2.75) is 0 Å². The van der Waals surface area contributed by atoms with Gasteiger partial charge >= 0.3 is 6.03 Å². The van der Waals surface area contributed by atoms with Crippen molar-refractivity contribution in [3.8, 4) is 22.7 Å². The Kier molecular flexibility index (Phi) is 6.13. The number of methoxy groups -OCH3 is 2. The van der Waals surface area contributed by atoms with Crippen LogP contribution in [-0.2, 0) is 4.74 Å². The van der Waals surface area contributed by atoms with E-state index in [2.05, 4.69) is 15.7 Å². The van der Waals surface area contributed by atoms with E-state index in [0.717, 1.165) is 17.0 Å². The molecule has 4 N–H and O–H groups in total. The third-order valence-electron chi connectivity index (χ3n) is 4.12. The van der Waals surface area contributed by atoms with Crippen LogP contribution in [0.3, 0.4) is 0 Å². The van der Waals surface area contributed by atoms with Gasteiger partial charge in [0.05, 0.1) is 19.4 Å². The Balaban J connectivity index is 1.99. The van der Waals surface area contributed by atoms with Crippen LogP contribution in [-0.4, -0.2) is 43.2 Å². The first-order valence-corrected chi connectivity index (χ1v) is 8.76. The van der Waals surface area contributed by atoms with E-state index in [9.17, 15) is 4.79 Å². The molecule has 0 unspecified atom stereocenters. The first kappa shape index (κ1) is 19.2. The molecule has 1 aromatic heterocycles. The predicted octanol–water partition coefficient (Wildman–Crippen LogP) is 2.90. The number of anilines is 2. The maximum Gasteiger partial charge on any atom is 0.319 e. The van der Waals surface area contributed by atoms with Crippen molar-refractivity contribution in [3.63, 3.8) is 0 Å². The molecule has 28 heavy (non-hydrogen) atoms. The van der Waals surface area contributed by atoms with E-state index < -0.39 is 0 Å². The Labute approximate surface area is 163 Å². The first-order valence-electron chi connectivity index (χ1n) is 8.76. The number of para-hydroxylation sites is 1. The van der Waals surface area contributed by atoms with Crippen molar-refractivity contribution in [2.75, 3.05) is 38.4 Å². The van der Waals surface area contributed by atoms with E-state index in [4.69, 9.17) is 15.2 Å². The highest BCUT2D eigenvalue weighted by atomic mass is 16.5. The molecule has 1 heterocycles. The average molecular weight is 381 g/mol. The zero-order valence-corrected chi connectivity index (χ0v) is 15.8. The molecule has 0 fully saturated rings. The molecule has 0 atom stereocenters. The normalized spacial score (nSPS) is 10.5. The van der Waals surface area contributed by atoms with Crippen molar-refractivity contribution in [2.24, 2.45) is 0 Å². The number of benzene rings is 2. The lowest BCUT2D eigenvalue weighted by atomic mass is 10.1. The number of nitrogens with one attached hydrogen (secondary N) is 2. The number of nitrogens with zero attached hydrogens (tertiary/aromatic N) is 2. The Morgan fingerprint density at radius 1 is 1.11 bits per heavy atom. The minimum atomic E-state index is -0.383. The number of rotatable bonds is 7. The number of nitrogens with two attached hydrogens (primary N) is 1. The first-order chi connectivity index (χ1) is 13.6. The summed E-state index contributed by atoms with van der Waals surface area (Å²) in [6.45, 7) is 0.796. The molecule has 8 nitrogen and oxygen atoms in total. The number of aromatic nitrogens is 2. The topological polar surface area (TPSA) is 103 Å². The summed E-state index contributed by atoms with van der Waals surface area (Å²) >= 11 is 0. The molecule has 0 aliphatic rings. The van der Waals surface area contributed by atoms with Gasteiger partial charge in [-0.15, -0.1) is 0 Å². The lowest BCUT2D eigenvalue weighted by Gasteiger charge is -2.09. The van der Waals surface area contributed by atoms with Gasteiger partial charge in [0, 0.05) is 19.2 Å². The van der Waals surface area contributed by atoms with Crippen LogP contribution >= 0.6 is 0 Å². The fraction of sp³-hybridized carbons (Fsp3) is 0.200. The lowest BCUT2D eigenvalue weighted by molar-refractivity contribution is 0.198. The number of amides is 2. The fourth-order valence-corrected chi connectivity index (χ4v) is 2.70.